The topological polar surface area (TPSA) is 132 Å². The van der Waals surface area contributed by atoms with E-state index in [9.17, 15) is 9.59 Å². The molecule has 0 spiro atoms. The summed E-state index contributed by atoms with van der Waals surface area (Å²) in [4.78, 5) is 31.6. The molecule has 3 heterocycles. The fourth-order valence-corrected chi connectivity index (χ4v) is 4.01. The van der Waals surface area contributed by atoms with Crippen molar-refractivity contribution in [3.8, 4) is 28.6 Å². The maximum atomic E-state index is 13.2. The van der Waals surface area contributed by atoms with Crippen LogP contribution in [0.15, 0.2) is 57.3 Å². The van der Waals surface area contributed by atoms with Crippen LogP contribution in [0, 0.1) is 0 Å². The normalized spacial score (nSPS) is 18.8. The third-order valence-electron chi connectivity index (χ3n) is 5.66. The van der Waals surface area contributed by atoms with Crippen LogP contribution in [-0.2, 0) is 16.1 Å². The standard InChI is InChI=1S/C23H22N6O6/c1-4-34-16-9-8-13(10-17(16)33-3)21-24-18(35-26-21)12-28-20-19(25-27-28)22(30)29(23(20)31)14-6-5-7-15(11-14)32-2/h5-11,19-20H,4,12H2,1-3H3/t19-,20+/m1/s1. The second-order valence-corrected chi connectivity index (χ2v) is 7.72. The van der Waals surface area contributed by atoms with Crippen LogP contribution in [-0.4, -0.2) is 59.9 Å². The number of carbonyl (C=O) groups excluding carboxylic acids is 2. The van der Waals surface area contributed by atoms with Gasteiger partial charge in [0.05, 0.1) is 26.5 Å². The fraction of sp³-hybridized carbons (Fsp3) is 0.304. The molecule has 0 radical (unpaired) electrons. The van der Waals surface area contributed by atoms with Crippen LogP contribution < -0.4 is 19.1 Å². The summed E-state index contributed by atoms with van der Waals surface area (Å²) in [6.45, 7) is 2.40. The van der Waals surface area contributed by atoms with Crippen LogP contribution >= 0.6 is 0 Å². The molecule has 12 heteroatoms. The Morgan fingerprint density at radius 1 is 1.03 bits per heavy atom. The number of methoxy groups -OCH3 is 2. The van der Waals surface area contributed by atoms with E-state index >= 15 is 0 Å². The van der Waals surface area contributed by atoms with Crippen molar-refractivity contribution in [2.75, 3.05) is 25.7 Å². The van der Waals surface area contributed by atoms with Gasteiger partial charge in [0.25, 0.3) is 11.8 Å². The van der Waals surface area contributed by atoms with E-state index in [0.29, 0.717) is 40.9 Å². The highest BCUT2D eigenvalue weighted by molar-refractivity contribution is 6.25. The molecule has 2 atom stereocenters. The third-order valence-corrected chi connectivity index (χ3v) is 5.66. The Bertz CT molecular complexity index is 1310. The molecule has 0 saturated carbocycles. The van der Waals surface area contributed by atoms with Gasteiger partial charge in [-0.25, -0.2) is 4.90 Å². The Hall–Kier alpha value is -4.48. The number of hydrogen-bond donors (Lipinski definition) is 0. The number of ether oxygens (including phenoxy) is 3. The molecule has 0 aliphatic carbocycles. The monoisotopic (exact) mass is 478 g/mol. The summed E-state index contributed by atoms with van der Waals surface area (Å²) < 4.78 is 21.5. The number of anilines is 1. The molecule has 2 aromatic carbocycles. The Morgan fingerprint density at radius 2 is 1.89 bits per heavy atom. The molecule has 1 aromatic heterocycles. The first-order valence-corrected chi connectivity index (χ1v) is 10.9. The summed E-state index contributed by atoms with van der Waals surface area (Å²) >= 11 is 0. The first-order chi connectivity index (χ1) is 17.0. The van der Waals surface area contributed by atoms with Crippen molar-refractivity contribution in [1.82, 2.24) is 15.1 Å². The van der Waals surface area contributed by atoms with Gasteiger partial charge in [-0.1, -0.05) is 16.4 Å². The summed E-state index contributed by atoms with van der Waals surface area (Å²) in [6, 6.07) is 10.2. The van der Waals surface area contributed by atoms with E-state index in [-0.39, 0.29) is 12.4 Å². The van der Waals surface area contributed by atoms with Crippen molar-refractivity contribution in [3.63, 3.8) is 0 Å². The number of fused-ring (bicyclic) bond motifs is 1. The minimum atomic E-state index is -0.938. The number of imide groups is 1. The maximum Gasteiger partial charge on any atom is 0.263 e. The predicted molar refractivity (Wildman–Crippen MR) is 121 cm³/mol. The van der Waals surface area contributed by atoms with Crippen LogP contribution in [0.2, 0.25) is 0 Å². The number of rotatable bonds is 8. The van der Waals surface area contributed by atoms with Gasteiger partial charge in [0.1, 0.15) is 12.3 Å². The molecule has 12 nitrogen and oxygen atoms in total. The van der Waals surface area contributed by atoms with Crippen molar-refractivity contribution in [2.24, 2.45) is 10.3 Å². The van der Waals surface area contributed by atoms with Gasteiger partial charge in [-0.15, -0.1) is 0 Å². The molecule has 0 bridgehead atoms. The van der Waals surface area contributed by atoms with E-state index in [2.05, 4.69) is 20.5 Å². The van der Waals surface area contributed by atoms with Crippen molar-refractivity contribution >= 4 is 17.5 Å². The molecule has 2 amide bonds. The fourth-order valence-electron chi connectivity index (χ4n) is 4.01. The van der Waals surface area contributed by atoms with E-state index < -0.39 is 23.9 Å². The Morgan fingerprint density at radius 3 is 2.66 bits per heavy atom. The summed E-state index contributed by atoms with van der Waals surface area (Å²) in [5.41, 5.74) is 1.07. The Balaban J connectivity index is 1.34. The average molecular weight is 478 g/mol. The van der Waals surface area contributed by atoms with E-state index in [1.54, 1.807) is 49.6 Å². The van der Waals surface area contributed by atoms with Crippen molar-refractivity contribution in [2.45, 2.75) is 25.6 Å². The van der Waals surface area contributed by atoms with E-state index in [1.807, 2.05) is 6.92 Å². The van der Waals surface area contributed by atoms with Crippen LogP contribution in [0.3, 0.4) is 0 Å². The Labute approximate surface area is 200 Å². The number of aromatic nitrogens is 2. The molecule has 2 aliphatic rings. The van der Waals surface area contributed by atoms with Gasteiger partial charge in [0.2, 0.25) is 11.7 Å². The minimum absolute atomic E-state index is 0.0107. The van der Waals surface area contributed by atoms with Gasteiger partial charge in [-0.3, -0.25) is 14.6 Å². The number of benzene rings is 2. The van der Waals surface area contributed by atoms with E-state index in [0.717, 1.165) is 4.90 Å². The van der Waals surface area contributed by atoms with Crippen LogP contribution in [0.1, 0.15) is 12.8 Å². The van der Waals surface area contributed by atoms with Crippen LogP contribution in [0.25, 0.3) is 11.4 Å². The Kier molecular flexibility index (Phi) is 5.77. The van der Waals surface area contributed by atoms with Gasteiger partial charge in [0, 0.05) is 11.6 Å². The maximum absolute atomic E-state index is 13.2. The van der Waals surface area contributed by atoms with Gasteiger partial charge in [-0.05, 0) is 37.3 Å². The first-order valence-electron chi connectivity index (χ1n) is 10.9. The highest BCUT2D eigenvalue weighted by Crippen LogP contribution is 2.35. The van der Waals surface area contributed by atoms with Crippen molar-refractivity contribution in [3.05, 3.63) is 48.4 Å². The molecular weight excluding hydrogens is 456 g/mol. The van der Waals surface area contributed by atoms with Crippen molar-refractivity contribution < 1.29 is 28.3 Å². The van der Waals surface area contributed by atoms with Gasteiger partial charge < -0.3 is 18.7 Å². The summed E-state index contributed by atoms with van der Waals surface area (Å²) in [7, 11) is 3.06. The second-order valence-electron chi connectivity index (χ2n) is 7.72. The van der Waals surface area contributed by atoms with E-state index in [1.165, 1.54) is 12.1 Å². The average Bonchev–Trinajstić information content (AvgIpc) is 3.57. The van der Waals surface area contributed by atoms with Gasteiger partial charge >= 0.3 is 0 Å². The lowest BCUT2D eigenvalue weighted by atomic mass is 10.1. The first kappa shape index (κ1) is 22.3. The molecule has 5 rings (SSSR count). The van der Waals surface area contributed by atoms with Gasteiger partial charge in [0.15, 0.2) is 23.6 Å². The quantitative estimate of drug-likeness (QED) is 0.448. The highest BCUT2D eigenvalue weighted by Gasteiger charge is 2.55. The molecule has 35 heavy (non-hydrogen) atoms. The number of carbonyl (C=O) groups is 2. The smallest absolute Gasteiger partial charge is 0.263 e. The molecule has 3 aromatic rings. The number of amides is 2. The lowest BCUT2D eigenvalue weighted by molar-refractivity contribution is -0.123. The predicted octanol–water partition coefficient (Wildman–Crippen LogP) is 2.65. The zero-order valence-corrected chi connectivity index (χ0v) is 19.2. The summed E-state index contributed by atoms with van der Waals surface area (Å²) in [5, 5.41) is 13.5. The molecule has 0 unspecified atom stereocenters. The molecule has 1 fully saturated rings. The van der Waals surface area contributed by atoms with E-state index in [4.69, 9.17) is 18.7 Å². The largest absolute Gasteiger partial charge is 0.497 e. The molecular formula is C23H22N6O6. The third kappa shape index (κ3) is 3.92. The van der Waals surface area contributed by atoms with Crippen LogP contribution in [0.5, 0.6) is 17.2 Å². The lowest BCUT2D eigenvalue weighted by Crippen LogP contribution is -2.39. The molecule has 0 N–H and O–H groups in total. The number of hydrogen-bond acceptors (Lipinski definition) is 11. The molecule has 180 valence electrons. The highest BCUT2D eigenvalue weighted by atomic mass is 16.5. The zero-order valence-electron chi connectivity index (χ0n) is 19.2. The van der Waals surface area contributed by atoms with Crippen molar-refractivity contribution in [1.29, 1.82) is 0 Å². The SMILES string of the molecule is CCOc1ccc(-c2noc(CN3N=N[C@H]4C(=O)N(c5cccc(OC)c5)C(=O)[C@H]43)n2)cc1OC. The summed E-state index contributed by atoms with van der Waals surface area (Å²) in [5.74, 6) is 1.34. The zero-order chi connectivity index (χ0) is 24.5. The van der Waals surface area contributed by atoms with Crippen LogP contribution in [0.4, 0.5) is 5.69 Å². The summed E-state index contributed by atoms with van der Waals surface area (Å²) in [6.07, 6.45) is 0. The molecule has 2 aliphatic heterocycles. The molecule has 1 saturated heterocycles. The second kappa shape index (κ2) is 9.05. The minimum Gasteiger partial charge on any atom is -0.497 e. The van der Waals surface area contributed by atoms with Gasteiger partial charge in [-0.2, -0.15) is 10.1 Å². The number of nitrogens with zero attached hydrogens (tertiary/aromatic N) is 6. The lowest BCUT2D eigenvalue weighted by Gasteiger charge is -2.19.